The molecule has 5 heteroatoms. The smallest absolute Gasteiger partial charge is 0.299 e. The first-order chi connectivity index (χ1) is 8.97. The Balaban J connectivity index is 2.44. The third-order valence-electron chi connectivity index (χ3n) is 3.16. The first-order valence-electron chi connectivity index (χ1n) is 5.94. The van der Waals surface area contributed by atoms with Gasteiger partial charge in [0.25, 0.3) is 11.7 Å². The second-order valence-electron chi connectivity index (χ2n) is 4.62. The van der Waals surface area contributed by atoms with Gasteiger partial charge in [-0.15, -0.1) is 0 Å². The van der Waals surface area contributed by atoms with Crippen LogP contribution in [0.5, 0.6) is 0 Å². The maximum atomic E-state index is 12.0. The molecule has 0 unspecified atom stereocenters. The number of ether oxygens (including phenoxy) is 1. The minimum atomic E-state index is -0.642. The molecule has 2 rings (SSSR count). The molecule has 0 spiro atoms. The summed E-state index contributed by atoms with van der Waals surface area (Å²) in [6.45, 7) is 3.40. The maximum Gasteiger partial charge on any atom is 0.299 e. The number of ketones is 2. The fourth-order valence-corrected chi connectivity index (χ4v) is 2.30. The third kappa shape index (κ3) is 2.17. The number of carbonyl (C=O) groups excluding carboxylic acids is 3. The third-order valence-corrected chi connectivity index (χ3v) is 3.16. The van der Waals surface area contributed by atoms with Crippen molar-refractivity contribution in [3.8, 4) is 0 Å². The van der Waals surface area contributed by atoms with Crippen LogP contribution < -0.4 is 4.90 Å². The summed E-state index contributed by atoms with van der Waals surface area (Å²) in [5, 5.41) is 0. The van der Waals surface area contributed by atoms with E-state index >= 15 is 0 Å². The molecule has 1 aromatic carbocycles. The van der Waals surface area contributed by atoms with Gasteiger partial charge in [0.1, 0.15) is 6.61 Å². The fraction of sp³-hybridized carbons (Fsp3) is 0.357. The summed E-state index contributed by atoms with van der Waals surface area (Å²) in [4.78, 5) is 36.9. The van der Waals surface area contributed by atoms with E-state index in [-0.39, 0.29) is 18.9 Å². The minimum absolute atomic E-state index is 0.0713. The molecule has 100 valence electrons. The summed E-state index contributed by atoms with van der Waals surface area (Å²) in [6.07, 6.45) is 0. The summed E-state index contributed by atoms with van der Waals surface area (Å²) in [5.74, 6) is -1.42. The number of anilines is 1. The zero-order valence-corrected chi connectivity index (χ0v) is 11.1. The van der Waals surface area contributed by atoms with E-state index in [4.69, 9.17) is 4.74 Å². The number of rotatable bonds is 4. The molecule has 0 aliphatic carbocycles. The normalized spacial score (nSPS) is 13.9. The number of aryl methyl sites for hydroxylation is 2. The number of hydrogen-bond donors (Lipinski definition) is 0. The van der Waals surface area contributed by atoms with Gasteiger partial charge in [-0.1, -0.05) is 12.1 Å². The molecule has 1 amide bonds. The van der Waals surface area contributed by atoms with Gasteiger partial charge in [0.15, 0.2) is 5.78 Å². The van der Waals surface area contributed by atoms with Crippen LogP contribution in [0.1, 0.15) is 21.5 Å². The van der Waals surface area contributed by atoms with Crippen LogP contribution in [-0.4, -0.2) is 37.7 Å². The molecule has 1 aliphatic rings. The first-order valence-corrected chi connectivity index (χ1v) is 5.94. The Morgan fingerprint density at radius 3 is 2.47 bits per heavy atom. The summed E-state index contributed by atoms with van der Waals surface area (Å²) in [5.41, 5.74) is 2.53. The lowest BCUT2D eigenvalue weighted by Crippen LogP contribution is -2.36. The van der Waals surface area contributed by atoms with Crippen LogP contribution in [0, 0.1) is 13.8 Å². The van der Waals surface area contributed by atoms with Crippen molar-refractivity contribution in [2.24, 2.45) is 0 Å². The number of amides is 1. The predicted molar refractivity (Wildman–Crippen MR) is 69.5 cm³/mol. The molecule has 0 bridgehead atoms. The van der Waals surface area contributed by atoms with Crippen molar-refractivity contribution in [3.63, 3.8) is 0 Å². The van der Waals surface area contributed by atoms with Crippen molar-refractivity contribution < 1.29 is 19.1 Å². The van der Waals surface area contributed by atoms with E-state index in [1.807, 2.05) is 13.0 Å². The topological polar surface area (TPSA) is 63.7 Å². The lowest BCUT2D eigenvalue weighted by atomic mass is 10.0. The summed E-state index contributed by atoms with van der Waals surface area (Å²) < 4.78 is 4.75. The van der Waals surface area contributed by atoms with Gasteiger partial charge in [0.2, 0.25) is 0 Å². The van der Waals surface area contributed by atoms with Gasteiger partial charge in [-0.05, 0) is 25.0 Å². The Kier molecular flexibility index (Phi) is 3.48. The highest BCUT2D eigenvalue weighted by molar-refractivity contribution is 6.53. The zero-order chi connectivity index (χ0) is 14.2. The van der Waals surface area contributed by atoms with Gasteiger partial charge in [0.05, 0.1) is 17.8 Å². The second-order valence-corrected chi connectivity index (χ2v) is 4.62. The van der Waals surface area contributed by atoms with Crippen molar-refractivity contribution in [3.05, 3.63) is 28.8 Å². The van der Waals surface area contributed by atoms with Gasteiger partial charge >= 0.3 is 0 Å². The highest BCUT2D eigenvalue weighted by Gasteiger charge is 2.38. The van der Waals surface area contributed by atoms with Gasteiger partial charge in [-0.3, -0.25) is 19.3 Å². The van der Waals surface area contributed by atoms with Crippen LogP contribution in [0.3, 0.4) is 0 Å². The van der Waals surface area contributed by atoms with Crippen LogP contribution >= 0.6 is 0 Å². The molecular weight excluding hydrogens is 246 g/mol. The lowest BCUT2D eigenvalue weighted by molar-refractivity contribution is -0.123. The minimum Gasteiger partial charge on any atom is -0.377 e. The van der Waals surface area contributed by atoms with E-state index in [2.05, 4.69) is 0 Å². The molecule has 0 aromatic heterocycles. The molecule has 1 heterocycles. The fourth-order valence-electron chi connectivity index (χ4n) is 2.30. The van der Waals surface area contributed by atoms with E-state index in [1.54, 1.807) is 13.0 Å². The molecule has 1 aromatic rings. The van der Waals surface area contributed by atoms with E-state index in [0.717, 1.165) is 11.1 Å². The van der Waals surface area contributed by atoms with Crippen molar-refractivity contribution in [1.82, 2.24) is 0 Å². The Bertz CT molecular complexity index is 577. The number of fused-ring (bicyclic) bond motifs is 1. The summed E-state index contributed by atoms with van der Waals surface area (Å²) >= 11 is 0. The lowest BCUT2D eigenvalue weighted by Gasteiger charge is -2.17. The summed E-state index contributed by atoms with van der Waals surface area (Å²) in [7, 11) is 1.41. The monoisotopic (exact) mass is 261 g/mol. The highest BCUT2D eigenvalue weighted by atomic mass is 16.5. The number of nitrogens with zero attached hydrogens (tertiary/aromatic N) is 1. The van der Waals surface area contributed by atoms with E-state index in [9.17, 15) is 14.4 Å². The molecule has 0 fully saturated rings. The van der Waals surface area contributed by atoms with Gasteiger partial charge in [-0.2, -0.15) is 0 Å². The van der Waals surface area contributed by atoms with Gasteiger partial charge < -0.3 is 4.74 Å². The second kappa shape index (κ2) is 4.93. The largest absolute Gasteiger partial charge is 0.377 e. The zero-order valence-electron chi connectivity index (χ0n) is 11.1. The molecule has 19 heavy (non-hydrogen) atoms. The van der Waals surface area contributed by atoms with Crippen LogP contribution in [-0.2, 0) is 14.3 Å². The maximum absolute atomic E-state index is 12.0. The van der Waals surface area contributed by atoms with E-state index in [1.165, 1.54) is 12.0 Å². The number of Topliss-reactive ketones (excluding diaryl/α,β-unsaturated/α-hetero) is 2. The number of benzene rings is 1. The average molecular weight is 261 g/mol. The van der Waals surface area contributed by atoms with Crippen molar-refractivity contribution in [2.75, 3.05) is 25.2 Å². The van der Waals surface area contributed by atoms with Crippen molar-refractivity contribution in [2.45, 2.75) is 13.8 Å². The highest BCUT2D eigenvalue weighted by Crippen LogP contribution is 2.34. The molecule has 0 N–H and O–H groups in total. The summed E-state index contributed by atoms with van der Waals surface area (Å²) in [6, 6.07) is 3.65. The van der Waals surface area contributed by atoms with Crippen LogP contribution in [0.2, 0.25) is 0 Å². The molecule has 1 aliphatic heterocycles. The average Bonchev–Trinajstić information content (AvgIpc) is 2.60. The Morgan fingerprint density at radius 1 is 1.21 bits per heavy atom. The van der Waals surface area contributed by atoms with Crippen molar-refractivity contribution in [1.29, 1.82) is 0 Å². The van der Waals surface area contributed by atoms with Crippen LogP contribution in [0.25, 0.3) is 0 Å². The number of methoxy groups -OCH3 is 1. The SMILES string of the molecule is COCC(=O)CN1C(=O)C(=O)c2c(C)ccc(C)c21. The molecule has 0 saturated heterocycles. The molecule has 0 radical (unpaired) electrons. The van der Waals surface area contributed by atoms with Gasteiger partial charge in [-0.25, -0.2) is 0 Å². The van der Waals surface area contributed by atoms with Crippen LogP contribution in [0.15, 0.2) is 12.1 Å². The van der Waals surface area contributed by atoms with E-state index in [0.29, 0.717) is 11.3 Å². The van der Waals surface area contributed by atoms with E-state index < -0.39 is 11.7 Å². The van der Waals surface area contributed by atoms with Gasteiger partial charge in [0, 0.05) is 7.11 Å². The predicted octanol–water partition coefficient (Wildman–Crippen LogP) is 1.05. The Hall–Kier alpha value is -2.01. The molecule has 5 nitrogen and oxygen atoms in total. The molecule has 0 saturated carbocycles. The number of hydrogen-bond acceptors (Lipinski definition) is 4. The number of carbonyl (C=O) groups is 3. The standard InChI is InChI=1S/C14H15NO4/c1-8-4-5-9(2)12-11(8)13(17)14(18)15(12)6-10(16)7-19-3/h4-5H,6-7H2,1-3H3. The van der Waals surface area contributed by atoms with Crippen LogP contribution in [0.4, 0.5) is 5.69 Å². The first kappa shape index (κ1) is 13.4. The molecular formula is C14H15NO4. The molecule has 0 atom stereocenters. The van der Waals surface area contributed by atoms with Crippen molar-refractivity contribution >= 4 is 23.2 Å². The quantitative estimate of drug-likeness (QED) is 0.760. The Labute approximate surface area is 111 Å². The Morgan fingerprint density at radius 2 is 1.84 bits per heavy atom.